The van der Waals surface area contributed by atoms with Crippen LogP contribution in [0.3, 0.4) is 0 Å². The highest BCUT2D eigenvalue weighted by molar-refractivity contribution is 5.94. The zero-order chi connectivity index (χ0) is 19.3. The van der Waals surface area contributed by atoms with Gasteiger partial charge < -0.3 is 19.5 Å². The van der Waals surface area contributed by atoms with Crippen LogP contribution in [0.15, 0.2) is 42.5 Å². The van der Waals surface area contributed by atoms with Gasteiger partial charge in [0.25, 0.3) is 5.91 Å². The van der Waals surface area contributed by atoms with Gasteiger partial charge in [-0.25, -0.2) is 0 Å². The average molecular weight is 382 g/mol. The number of nitrogens with zero attached hydrogens (tertiary/aromatic N) is 1. The molecule has 28 heavy (non-hydrogen) atoms. The Balaban J connectivity index is 1.36. The van der Waals surface area contributed by atoms with Gasteiger partial charge in [-0.3, -0.25) is 9.69 Å². The van der Waals surface area contributed by atoms with E-state index in [1.165, 1.54) is 5.56 Å². The molecule has 2 aliphatic heterocycles. The Bertz CT molecular complexity index is 816. The third kappa shape index (κ3) is 4.46. The van der Waals surface area contributed by atoms with Crippen molar-refractivity contribution in [3.8, 4) is 11.5 Å². The maximum Gasteiger partial charge on any atom is 0.251 e. The van der Waals surface area contributed by atoms with Gasteiger partial charge in [0.15, 0.2) is 11.5 Å². The van der Waals surface area contributed by atoms with E-state index in [2.05, 4.69) is 10.2 Å². The van der Waals surface area contributed by atoms with Gasteiger partial charge in [0.05, 0.1) is 19.3 Å². The molecule has 6 nitrogen and oxygen atoms in total. The van der Waals surface area contributed by atoms with Crippen LogP contribution in [0.4, 0.5) is 0 Å². The SMILES string of the molecule is C[C@H](NC(=O)c1ccc(CN2CCOCC2)cc1)c1ccc2c(c1)OCCO2. The Morgan fingerprint density at radius 3 is 2.46 bits per heavy atom. The largest absolute Gasteiger partial charge is 0.486 e. The van der Waals surface area contributed by atoms with E-state index >= 15 is 0 Å². The first-order valence-corrected chi connectivity index (χ1v) is 9.78. The van der Waals surface area contributed by atoms with Gasteiger partial charge in [-0.05, 0) is 42.3 Å². The van der Waals surface area contributed by atoms with Crippen molar-refractivity contribution in [1.29, 1.82) is 0 Å². The van der Waals surface area contributed by atoms with Crippen molar-refractivity contribution in [3.63, 3.8) is 0 Å². The van der Waals surface area contributed by atoms with Crippen molar-refractivity contribution in [2.75, 3.05) is 39.5 Å². The molecule has 0 saturated carbocycles. The van der Waals surface area contributed by atoms with Crippen LogP contribution in [0, 0.1) is 0 Å². The van der Waals surface area contributed by atoms with E-state index in [-0.39, 0.29) is 11.9 Å². The van der Waals surface area contributed by atoms with Crippen LogP contribution < -0.4 is 14.8 Å². The van der Waals surface area contributed by atoms with E-state index < -0.39 is 0 Å². The quantitative estimate of drug-likeness (QED) is 0.862. The molecular weight excluding hydrogens is 356 g/mol. The molecule has 1 atom stereocenters. The molecule has 2 heterocycles. The molecule has 148 valence electrons. The van der Waals surface area contributed by atoms with Gasteiger partial charge in [-0.2, -0.15) is 0 Å². The van der Waals surface area contributed by atoms with Gasteiger partial charge in [-0.1, -0.05) is 18.2 Å². The second kappa shape index (κ2) is 8.63. The van der Waals surface area contributed by atoms with Crippen molar-refractivity contribution >= 4 is 5.91 Å². The van der Waals surface area contributed by atoms with Gasteiger partial charge in [0, 0.05) is 25.2 Å². The lowest BCUT2D eigenvalue weighted by atomic mass is 10.1. The number of amides is 1. The van der Waals surface area contributed by atoms with E-state index in [0.717, 1.165) is 49.9 Å². The van der Waals surface area contributed by atoms with Crippen molar-refractivity contribution in [1.82, 2.24) is 10.2 Å². The summed E-state index contributed by atoms with van der Waals surface area (Å²) in [6, 6.07) is 13.5. The lowest BCUT2D eigenvalue weighted by molar-refractivity contribution is 0.0342. The molecule has 0 aliphatic carbocycles. The molecule has 0 spiro atoms. The summed E-state index contributed by atoms with van der Waals surface area (Å²) in [6.45, 7) is 7.46. The summed E-state index contributed by atoms with van der Waals surface area (Å²) in [5.74, 6) is 1.40. The molecule has 0 radical (unpaired) electrons. The minimum atomic E-state index is -0.128. The van der Waals surface area contributed by atoms with E-state index in [1.54, 1.807) is 0 Å². The molecule has 2 aromatic rings. The molecule has 6 heteroatoms. The predicted molar refractivity (Wildman–Crippen MR) is 106 cm³/mol. The van der Waals surface area contributed by atoms with E-state index in [4.69, 9.17) is 14.2 Å². The van der Waals surface area contributed by atoms with Crippen LogP contribution in [0.1, 0.15) is 34.5 Å². The highest BCUT2D eigenvalue weighted by atomic mass is 16.6. The summed E-state index contributed by atoms with van der Waals surface area (Å²) >= 11 is 0. The minimum Gasteiger partial charge on any atom is -0.486 e. The number of carbonyl (C=O) groups excluding carboxylic acids is 1. The topological polar surface area (TPSA) is 60.0 Å². The van der Waals surface area contributed by atoms with E-state index in [9.17, 15) is 4.79 Å². The minimum absolute atomic E-state index is 0.0830. The van der Waals surface area contributed by atoms with Crippen LogP contribution in [-0.4, -0.2) is 50.3 Å². The zero-order valence-electron chi connectivity index (χ0n) is 16.1. The van der Waals surface area contributed by atoms with Crippen molar-refractivity contribution in [2.45, 2.75) is 19.5 Å². The molecule has 1 N–H and O–H groups in total. The van der Waals surface area contributed by atoms with Crippen molar-refractivity contribution < 1.29 is 19.0 Å². The lowest BCUT2D eigenvalue weighted by Crippen LogP contribution is -2.35. The molecule has 2 aliphatic rings. The van der Waals surface area contributed by atoms with Crippen LogP contribution >= 0.6 is 0 Å². The van der Waals surface area contributed by atoms with Crippen LogP contribution in [0.25, 0.3) is 0 Å². The predicted octanol–water partition coefficient (Wildman–Crippen LogP) is 2.78. The Morgan fingerprint density at radius 1 is 1.00 bits per heavy atom. The Kier molecular flexibility index (Phi) is 5.78. The van der Waals surface area contributed by atoms with Gasteiger partial charge in [0.2, 0.25) is 0 Å². The smallest absolute Gasteiger partial charge is 0.251 e. The summed E-state index contributed by atoms with van der Waals surface area (Å²) in [4.78, 5) is 15.0. The van der Waals surface area contributed by atoms with Crippen molar-refractivity contribution in [2.24, 2.45) is 0 Å². The highest BCUT2D eigenvalue weighted by Crippen LogP contribution is 2.32. The normalized spacial score (nSPS) is 17.8. The summed E-state index contributed by atoms with van der Waals surface area (Å²) < 4.78 is 16.6. The number of nitrogens with one attached hydrogen (secondary N) is 1. The number of hydrogen-bond acceptors (Lipinski definition) is 5. The fraction of sp³-hybridized carbons (Fsp3) is 0.409. The summed E-state index contributed by atoms with van der Waals surface area (Å²) in [6.07, 6.45) is 0. The fourth-order valence-corrected chi connectivity index (χ4v) is 3.47. The summed E-state index contributed by atoms with van der Waals surface area (Å²) in [7, 11) is 0. The highest BCUT2D eigenvalue weighted by Gasteiger charge is 2.17. The number of morpholine rings is 1. The Hall–Kier alpha value is -2.57. The molecule has 1 saturated heterocycles. The monoisotopic (exact) mass is 382 g/mol. The van der Waals surface area contributed by atoms with Gasteiger partial charge in [-0.15, -0.1) is 0 Å². The summed E-state index contributed by atoms with van der Waals surface area (Å²) in [5.41, 5.74) is 2.86. The second-order valence-electron chi connectivity index (χ2n) is 7.18. The number of benzene rings is 2. The van der Waals surface area contributed by atoms with Gasteiger partial charge in [0.1, 0.15) is 13.2 Å². The molecule has 0 aromatic heterocycles. The average Bonchev–Trinajstić information content (AvgIpc) is 2.74. The Morgan fingerprint density at radius 2 is 1.71 bits per heavy atom. The first kappa shape index (κ1) is 18.8. The van der Waals surface area contributed by atoms with Gasteiger partial charge >= 0.3 is 0 Å². The van der Waals surface area contributed by atoms with Crippen molar-refractivity contribution in [3.05, 3.63) is 59.2 Å². The first-order valence-electron chi connectivity index (χ1n) is 9.78. The third-order valence-corrected chi connectivity index (χ3v) is 5.14. The third-order valence-electron chi connectivity index (χ3n) is 5.14. The number of fused-ring (bicyclic) bond motifs is 1. The van der Waals surface area contributed by atoms with Crippen LogP contribution in [0.5, 0.6) is 11.5 Å². The maximum atomic E-state index is 12.6. The van der Waals surface area contributed by atoms with E-state index in [0.29, 0.717) is 18.8 Å². The number of hydrogen-bond donors (Lipinski definition) is 1. The molecule has 4 rings (SSSR count). The molecule has 0 unspecified atom stereocenters. The molecular formula is C22H26N2O4. The molecule has 2 aromatic carbocycles. The Labute approximate surface area is 165 Å². The summed E-state index contributed by atoms with van der Waals surface area (Å²) in [5, 5.41) is 3.06. The first-order chi connectivity index (χ1) is 13.7. The molecule has 0 bridgehead atoms. The zero-order valence-corrected chi connectivity index (χ0v) is 16.1. The lowest BCUT2D eigenvalue weighted by Gasteiger charge is -2.26. The van der Waals surface area contributed by atoms with Crippen LogP contribution in [-0.2, 0) is 11.3 Å². The van der Waals surface area contributed by atoms with Crippen LogP contribution in [0.2, 0.25) is 0 Å². The van der Waals surface area contributed by atoms with E-state index in [1.807, 2.05) is 49.4 Å². The second-order valence-corrected chi connectivity index (χ2v) is 7.18. The number of ether oxygens (including phenoxy) is 3. The standard InChI is InChI=1S/C22H26N2O4/c1-16(19-6-7-20-21(14-19)28-13-12-27-20)23-22(25)18-4-2-17(3-5-18)15-24-8-10-26-11-9-24/h2-7,14,16H,8-13,15H2,1H3,(H,23,25)/t16-/m0/s1. The number of rotatable bonds is 5. The molecule has 1 fully saturated rings. The molecule has 1 amide bonds. The fourth-order valence-electron chi connectivity index (χ4n) is 3.47. The number of carbonyl (C=O) groups is 1. The maximum absolute atomic E-state index is 12.6.